The quantitative estimate of drug-likeness (QED) is 0.905. The van der Waals surface area contributed by atoms with Gasteiger partial charge in [-0.2, -0.15) is 0 Å². The lowest BCUT2D eigenvalue weighted by Crippen LogP contribution is -2.42. The number of carbonyl (C=O) groups is 1. The SMILES string of the molecule is O=C(CC1(C2CC2)CCC1)N1CCc2nc[nH]c2C1. The molecule has 2 saturated carbocycles. The summed E-state index contributed by atoms with van der Waals surface area (Å²) in [6.45, 7) is 1.58. The van der Waals surface area contributed by atoms with E-state index in [9.17, 15) is 4.79 Å². The molecule has 2 fully saturated rings. The topological polar surface area (TPSA) is 49.0 Å². The molecule has 19 heavy (non-hydrogen) atoms. The zero-order valence-electron chi connectivity index (χ0n) is 11.3. The van der Waals surface area contributed by atoms with E-state index in [2.05, 4.69) is 9.97 Å². The number of hydrogen-bond donors (Lipinski definition) is 1. The molecule has 1 aliphatic heterocycles. The van der Waals surface area contributed by atoms with E-state index in [0.29, 0.717) is 11.3 Å². The molecule has 0 aromatic carbocycles. The first kappa shape index (κ1) is 11.5. The van der Waals surface area contributed by atoms with Crippen molar-refractivity contribution in [2.24, 2.45) is 11.3 Å². The highest BCUT2D eigenvalue weighted by atomic mass is 16.2. The molecule has 0 bridgehead atoms. The summed E-state index contributed by atoms with van der Waals surface area (Å²) in [6, 6.07) is 0. The summed E-state index contributed by atoms with van der Waals surface area (Å²) in [7, 11) is 0. The minimum absolute atomic E-state index is 0.367. The molecule has 2 heterocycles. The molecule has 0 unspecified atom stereocenters. The molecule has 4 nitrogen and oxygen atoms in total. The van der Waals surface area contributed by atoms with Crippen LogP contribution in [0, 0.1) is 11.3 Å². The molecular weight excluding hydrogens is 238 g/mol. The molecular formula is C15H21N3O. The van der Waals surface area contributed by atoms with Crippen LogP contribution in [0.2, 0.25) is 0 Å². The van der Waals surface area contributed by atoms with Crippen molar-refractivity contribution in [1.82, 2.24) is 14.9 Å². The predicted molar refractivity (Wildman–Crippen MR) is 71.3 cm³/mol. The number of nitrogens with zero attached hydrogens (tertiary/aromatic N) is 2. The number of aromatic amines is 1. The van der Waals surface area contributed by atoms with Crippen LogP contribution in [0.25, 0.3) is 0 Å². The van der Waals surface area contributed by atoms with Gasteiger partial charge in [0.15, 0.2) is 0 Å². The number of aromatic nitrogens is 2. The Hall–Kier alpha value is -1.32. The Labute approximate surface area is 113 Å². The Morgan fingerprint density at radius 3 is 3.00 bits per heavy atom. The second kappa shape index (κ2) is 4.09. The zero-order chi connectivity index (χ0) is 12.9. The first-order chi connectivity index (χ1) is 9.27. The molecule has 4 heteroatoms. The van der Waals surface area contributed by atoms with Gasteiger partial charge in [0.1, 0.15) is 0 Å². The smallest absolute Gasteiger partial charge is 0.223 e. The first-order valence-electron chi connectivity index (χ1n) is 7.56. The molecule has 0 saturated heterocycles. The van der Waals surface area contributed by atoms with Crippen molar-refractivity contribution in [3.63, 3.8) is 0 Å². The van der Waals surface area contributed by atoms with Crippen LogP contribution < -0.4 is 0 Å². The van der Waals surface area contributed by atoms with E-state index in [0.717, 1.165) is 43.2 Å². The van der Waals surface area contributed by atoms with Crippen LogP contribution in [0.3, 0.4) is 0 Å². The second-order valence-corrected chi connectivity index (χ2v) is 6.56. The molecule has 1 N–H and O–H groups in total. The Balaban J connectivity index is 1.44. The molecule has 1 aromatic heterocycles. The molecule has 3 aliphatic rings. The maximum absolute atomic E-state index is 12.6. The number of rotatable bonds is 3. The van der Waals surface area contributed by atoms with Gasteiger partial charge in [-0.15, -0.1) is 0 Å². The van der Waals surface area contributed by atoms with E-state index in [4.69, 9.17) is 0 Å². The van der Waals surface area contributed by atoms with Crippen molar-refractivity contribution in [3.8, 4) is 0 Å². The van der Waals surface area contributed by atoms with Crippen LogP contribution in [0.1, 0.15) is 49.9 Å². The van der Waals surface area contributed by atoms with Crippen molar-refractivity contribution in [3.05, 3.63) is 17.7 Å². The summed E-state index contributed by atoms with van der Waals surface area (Å²) in [6.07, 6.45) is 10.1. The van der Waals surface area contributed by atoms with Crippen LogP contribution in [-0.2, 0) is 17.8 Å². The van der Waals surface area contributed by atoms with Crippen molar-refractivity contribution in [1.29, 1.82) is 0 Å². The van der Waals surface area contributed by atoms with Gasteiger partial charge in [0, 0.05) is 19.4 Å². The molecule has 0 radical (unpaired) electrons. The first-order valence-corrected chi connectivity index (χ1v) is 7.56. The molecule has 102 valence electrons. The lowest BCUT2D eigenvalue weighted by molar-refractivity contribution is -0.137. The number of fused-ring (bicyclic) bond motifs is 1. The molecule has 4 rings (SSSR count). The predicted octanol–water partition coefficient (Wildman–Crippen LogP) is 2.26. The van der Waals surface area contributed by atoms with Crippen LogP contribution in [0.15, 0.2) is 6.33 Å². The van der Waals surface area contributed by atoms with Gasteiger partial charge in [-0.05, 0) is 37.0 Å². The Kier molecular flexibility index (Phi) is 2.47. The maximum atomic E-state index is 12.6. The summed E-state index contributed by atoms with van der Waals surface area (Å²) in [5, 5.41) is 0. The summed E-state index contributed by atoms with van der Waals surface area (Å²) < 4.78 is 0. The van der Waals surface area contributed by atoms with Crippen LogP contribution in [-0.4, -0.2) is 27.3 Å². The number of hydrogen-bond acceptors (Lipinski definition) is 2. The van der Waals surface area contributed by atoms with Gasteiger partial charge in [0.2, 0.25) is 5.91 Å². The summed E-state index contributed by atoms with van der Waals surface area (Å²) in [5.74, 6) is 1.23. The lowest BCUT2D eigenvalue weighted by Gasteiger charge is -2.43. The number of carbonyl (C=O) groups excluding carboxylic acids is 1. The molecule has 0 atom stereocenters. The molecule has 1 aromatic rings. The minimum Gasteiger partial charge on any atom is -0.347 e. The van der Waals surface area contributed by atoms with E-state index < -0.39 is 0 Å². The van der Waals surface area contributed by atoms with Gasteiger partial charge < -0.3 is 9.88 Å². The average Bonchev–Trinajstić information content (AvgIpc) is 3.11. The van der Waals surface area contributed by atoms with Crippen LogP contribution in [0.4, 0.5) is 0 Å². The van der Waals surface area contributed by atoms with E-state index in [-0.39, 0.29) is 0 Å². The number of amides is 1. The van der Waals surface area contributed by atoms with Crippen molar-refractivity contribution >= 4 is 5.91 Å². The van der Waals surface area contributed by atoms with Crippen molar-refractivity contribution in [2.75, 3.05) is 6.54 Å². The summed E-state index contributed by atoms with van der Waals surface area (Å²) in [5.41, 5.74) is 2.67. The van der Waals surface area contributed by atoms with E-state index >= 15 is 0 Å². The normalized spacial score (nSPS) is 24.7. The highest BCUT2D eigenvalue weighted by molar-refractivity contribution is 5.77. The van der Waals surface area contributed by atoms with E-state index in [1.54, 1.807) is 6.33 Å². The Bertz CT molecular complexity index is 499. The number of imidazole rings is 1. The summed E-state index contributed by atoms with van der Waals surface area (Å²) in [4.78, 5) is 22.1. The fraction of sp³-hybridized carbons (Fsp3) is 0.733. The second-order valence-electron chi connectivity index (χ2n) is 6.56. The van der Waals surface area contributed by atoms with Gasteiger partial charge in [-0.25, -0.2) is 4.98 Å². The fourth-order valence-corrected chi connectivity index (χ4v) is 3.89. The van der Waals surface area contributed by atoms with Crippen LogP contribution >= 0.6 is 0 Å². The van der Waals surface area contributed by atoms with Crippen molar-refractivity contribution in [2.45, 2.75) is 51.5 Å². The number of H-pyrrole nitrogens is 1. The Morgan fingerprint density at radius 1 is 1.47 bits per heavy atom. The van der Waals surface area contributed by atoms with E-state index in [1.165, 1.54) is 32.1 Å². The van der Waals surface area contributed by atoms with Gasteiger partial charge in [-0.1, -0.05) is 6.42 Å². The zero-order valence-corrected chi connectivity index (χ0v) is 11.3. The average molecular weight is 259 g/mol. The van der Waals surface area contributed by atoms with Gasteiger partial charge >= 0.3 is 0 Å². The molecule has 0 spiro atoms. The monoisotopic (exact) mass is 259 g/mol. The maximum Gasteiger partial charge on any atom is 0.223 e. The third-order valence-corrected chi connectivity index (χ3v) is 5.42. The highest BCUT2D eigenvalue weighted by Crippen LogP contribution is 2.59. The summed E-state index contributed by atoms with van der Waals surface area (Å²) >= 11 is 0. The van der Waals surface area contributed by atoms with Gasteiger partial charge in [-0.3, -0.25) is 4.79 Å². The third-order valence-electron chi connectivity index (χ3n) is 5.42. The number of nitrogens with one attached hydrogen (secondary N) is 1. The fourth-order valence-electron chi connectivity index (χ4n) is 3.89. The third kappa shape index (κ3) is 1.88. The standard InChI is InChI=1S/C15H21N3O/c19-14(8-15(5-1-6-15)11-2-3-11)18-7-4-12-13(9-18)17-10-16-12/h10-11H,1-9H2,(H,16,17). The van der Waals surface area contributed by atoms with Gasteiger partial charge in [0.25, 0.3) is 0 Å². The molecule has 2 aliphatic carbocycles. The van der Waals surface area contributed by atoms with Gasteiger partial charge in [0.05, 0.1) is 24.3 Å². The lowest BCUT2D eigenvalue weighted by atomic mass is 9.63. The highest BCUT2D eigenvalue weighted by Gasteiger charge is 2.50. The minimum atomic E-state index is 0.367. The van der Waals surface area contributed by atoms with Crippen LogP contribution in [0.5, 0.6) is 0 Å². The largest absolute Gasteiger partial charge is 0.347 e. The van der Waals surface area contributed by atoms with Crippen molar-refractivity contribution < 1.29 is 4.79 Å². The molecule has 1 amide bonds. The van der Waals surface area contributed by atoms with E-state index in [1.807, 2.05) is 4.90 Å². The Morgan fingerprint density at radius 2 is 2.32 bits per heavy atom.